The van der Waals surface area contributed by atoms with Gasteiger partial charge in [0.25, 0.3) is 0 Å². The van der Waals surface area contributed by atoms with E-state index < -0.39 is 17.6 Å². The zero-order valence-electron chi connectivity index (χ0n) is 15.2. The molecule has 0 aliphatic carbocycles. The average Bonchev–Trinajstić information content (AvgIpc) is 2.62. The van der Waals surface area contributed by atoms with E-state index in [0.717, 1.165) is 12.1 Å². The number of nitrogens with one attached hydrogen (secondary N) is 1. The van der Waals surface area contributed by atoms with Crippen LogP contribution in [0, 0.1) is 5.82 Å². The Hall–Kier alpha value is -2.90. The van der Waals surface area contributed by atoms with Gasteiger partial charge in [-0.15, -0.1) is 0 Å². The van der Waals surface area contributed by atoms with Crippen molar-refractivity contribution < 1.29 is 27.2 Å². The smallest absolute Gasteiger partial charge is 0.342 e. The Morgan fingerprint density at radius 1 is 1.04 bits per heavy atom. The van der Waals surface area contributed by atoms with Crippen molar-refractivity contribution in [2.75, 3.05) is 18.4 Å². The number of carbonyl (C=O) groups is 2. The van der Waals surface area contributed by atoms with Gasteiger partial charge in [0.1, 0.15) is 5.82 Å². The number of amides is 2. The fourth-order valence-corrected chi connectivity index (χ4v) is 2.62. The summed E-state index contributed by atoms with van der Waals surface area (Å²) >= 11 is 0. The first-order valence-corrected chi connectivity index (χ1v) is 8.63. The Balaban J connectivity index is 1.90. The summed E-state index contributed by atoms with van der Waals surface area (Å²) in [5.41, 5.74) is -0.372. The van der Waals surface area contributed by atoms with Crippen LogP contribution in [0.4, 0.5) is 23.2 Å². The molecule has 0 atom stereocenters. The molecule has 0 saturated carbocycles. The Labute approximate surface area is 160 Å². The molecule has 0 radical (unpaired) electrons. The van der Waals surface area contributed by atoms with Gasteiger partial charge in [0.2, 0.25) is 11.8 Å². The summed E-state index contributed by atoms with van der Waals surface area (Å²) in [5.74, 6) is -1.16. The predicted octanol–water partition coefficient (Wildman–Crippen LogP) is 4.26. The summed E-state index contributed by atoms with van der Waals surface area (Å²) in [4.78, 5) is 25.2. The largest absolute Gasteiger partial charge is 0.416 e. The number of hydrogen-bond acceptors (Lipinski definition) is 2. The van der Waals surface area contributed by atoms with Crippen LogP contribution in [0.1, 0.15) is 24.5 Å². The lowest BCUT2D eigenvalue weighted by Crippen LogP contribution is -2.33. The highest BCUT2D eigenvalue weighted by atomic mass is 19.4. The maximum atomic E-state index is 13.7. The van der Waals surface area contributed by atoms with Gasteiger partial charge in [-0.2, -0.15) is 13.2 Å². The van der Waals surface area contributed by atoms with E-state index in [1.807, 2.05) is 0 Å². The van der Waals surface area contributed by atoms with Crippen LogP contribution in [0.15, 0.2) is 48.5 Å². The highest BCUT2D eigenvalue weighted by molar-refractivity contribution is 5.91. The molecule has 0 aliphatic heterocycles. The van der Waals surface area contributed by atoms with Crippen molar-refractivity contribution in [1.29, 1.82) is 0 Å². The van der Waals surface area contributed by atoms with E-state index in [2.05, 4.69) is 5.32 Å². The molecule has 2 rings (SSSR count). The zero-order chi connectivity index (χ0) is 20.7. The Bertz CT molecular complexity index is 837. The van der Waals surface area contributed by atoms with Gasteiger partial charge in [0.15, 0.2) is 0 Å². The summed E-state index contributed by atoms with van der Waals surface area (Å²) in [5, 5.41) is 2.39. The number of nitrogens with zero attached hydrogens (tertiary/aromatic N) is 1. The SMILES string of the molecule is CC(=O)N(CCC(=O)Nc1cccc(C(F)(F)F)c1)CCc1ccccc1F. The molecule has 1 N–H and O–H groups in total. The minimum Gasteiger partial charge on any atom is -0.342 e. The molecule has 0 aliphatic rings. The lowest BCUT2D eigenvalue weighted by Gasteiger charge is -2.21. The molecule has 8 heteroatoms. The third kappa shape index (κ3) is 6.37. The van der Waals surface area contributed by atoms with Crippen LogP contribution in [0.5, 0.6) is 0 Å². The van der Waals surface area contributed by atoms with Crippen LogP contribution in [-0.2, 0) is 22.2 Å². The number of anilines is 1. The average molecular weight is 396 g/mol. The fraction of sp³-hybridized carbons (Fsp3) is 0.300. The highest BCUT2D eigenvalue weighted by Crippen LogP contribution is 2.30. The van der Waals surface area contributed by atoms with Crippen LogP contribution < -0.4 is 5.32 Å². The first-order chi connectivity index (χ1) is 13.2. The van der Waals surface area contributed by atoms with Gasteiger partial charge >= 0.3 is 6.18 Å². The van der Waals surface area contributed by atoms with Gasteiger partial charge in [-0.25, -0.2) is 4.39 Å². The molecule has 0 spiro atoms. The van der Waals surface area contributed by atoms with Crippen molar-refractivity contribution in [1.82, 2.24) is 4.90 Å². The molecule has 0 fully saturated rings. The second-order valence-electron chi connectivity index (χ2n) is 6.22. The van der Waals surface area contributed by atoms with Gasteiger partial charge in [0.05, 0.1) is 5.56 Å². The van der Waals surface area contributed by atoms with E-state index in [1.54, 1.807) is 18.2 Å². The molecular formula is C20H20F4N2O2. The van der Waals surface area contributed by atoms with Crippen LogP contribution in [0.2, 0.25) is 0 Å². The topological polar surface area (TPSA) is 49.4 Å². The van der Waals surface area contributed by atoms with Crippen LogP contribution in [0.25, 0.3) is 0 Å². The van der Waals surface area contributed by atoms with Crippen molar-refractivity contribution >= 4 is 17.5 Å². The second-order valence-corrected chi connectivity index (χ2v) is 6.22. The van der Waals surface area contributed by atoms with Gasteiger partial charge < -0.3 is 10.2 Å². The second kappa shape index (κ2) is 9.34. The Morgan fingerprint density at radius 2 is 1.75 bits per heavy atom. The first kappa shape index (κ1) is 21.4. The number of alkyl halides is 3. The summed E-state index contributed by atoms with van der Waals surface area (Å²) < 4.78 is 51.8. The quantitative estimate of drug-likeness (QED) is 0.711. The molecule has 0 bridgehead atoms. The van der Waals surface area contributed by atoms with E-state index in [1.165, 1.54) is 30.0 Å². The molecule has 2 amide bonds. The van der Waals surface area contributed by atoms with Gasteiger partial charge in [0, 0.05) is 32.1 Å². The van der Waals surface area contributed by atoms with Crippen LogP contribution in [-0.4, -0.2) is 29.8 Å². The molecule has 28 heavy (non-hydrogen) atoms. The minimum absolute atomic E-state index is 0.0283. The van der Waals surface area contributed by atoms with Crippen molar-refractivity contribution in [2.24, 2.45) is 0 Å². The summed E-state index contributed by atoms with van der Waals surface area (Å²) in [6, 6.07) is 10.5. The van der Waals surface area contributed by atoms with Gasteiger partial charge in [-0.1, -0.05) is 24.3 Å². The molecule has 2 aromatic rings. The van der Waals surface area contributed by atoms with Crippen LogP contribution in [0.3, 0.4) is 0 Å². The van der Waals surface area contributed by atoms with Gasteiger partial charge in [-0.3, -0.25) is 9.59 Å². The minimum atomic E-state index is -4.50. The van der Waals surface area contributed by atoms with E-state index in [9.17, 15) is 27.2 Å². The van der Waals surface area contributed by atoms with E-state index >= 15 is 0 Å². The Morgan fingerprint density at radius 3 is 2.39 bits per heavy atom. The number of benzene rings is 2. The fourth-order valence-electron chi connectivity index (χ4n) is 2.62. The number of halogens is 4. The molecule has 2 aromatic carbocycles. The van der Waals surface area contributed by atoms with E-state index in [0.29, 0.717) is 12.0 Å². The van der Waals surface area contributed by atoms with E-state index in [4.69, 9.17) is 0 Å². The highest BCUT2D eigenvalue weighted by Gasteiger charge is 2.30. The number of hydrogen-bond donors (Lipinski definition) is 1. The summed E-state index contributed by atoms with van der Waals surface area (Å²) in [7, 11) is 0. The first-order valence-electron chi connectivity index (χ1n) is 8.63. The maximum absolute atomic E-state index is 13.7. The van der Waals surface area contributed by atoms with Crippen LogP contribution >= 0.6 is 0 Å². The Kier molecular flexibility index (Phi) is 7.14. The van der Waals surface area contributed by atoms with Crippen molar-refractivity contribution in [2.45, 2.75) is 25.9 Å². The summed E-state index contributed by atoms with van der Waals surface area (Å²) in [6.07, 6.45) is -4.30. The molecular weight excluding hydrogens is 376 g/mol. The molecule has 0 heterocycles. The van der Waals surface area contributed by atoms with E-state index in [-0.39, 0.29) is 36.9 Å². The zero-order valence-corrected chi connectivity index (χ0v) is 15.2. The maximum Gasteiger partial charge on any atom is 0.416 e. The lowest BCUT2D eigenvalue weighted by molar-refractivity contribution is -0.137. The lowest BCUT2D eigenvalue weighted by atomic mass is 10.1. The third-order valence-corrected chi connectivity index (χ3v) is 4.14. The van der Waals surface area contributed by atoms with Crippen molar-refractivity contribution in [3.8, 4) is 0 Å². The predicted molar refractivity (Wildman–Crippen MR) is 97.0 cm³/mol. The molecule has 150 valence electrons. The summed E-state index contributed by atoms with van der Waals surface area (Å²) in [6.45, 7) is 1.65. The molecule has 0 aromatic heterocycles. The molecule has 0 saturated heterocycles. The standard InChI is InChI=1S/C20H20F4N2O2/c1-14(27)26(11-9-15-5-2-3-8-18(15)21)12-10-19(28)25-17-7-4-6-16(13-17)20(22,23)24/h2-8,13H,9-12H2,1H3,(H,25,28). The van der Waals surface area contributed by atoms with Crippen molar-refractivity contribution in [3.05, 3.63) is 65.5 Å². The third-order valence-electron chi connectivity index (χ3n) is 4.14. The molecule has 4 nitrogen and oxygen atoms in total. The monoisotopic (exact) mass is 396 g/mol. The number of carbonyl (C=O) groups excluding carboxylic acids is 2. The van der Waals surface area contributed by atoms with Crippen molar-refractivity contribution in [3.63, 3.8) is 0 Å². The normalized spacial score (nSPS) is 11.2. The van der Waals surface area contributed by atoms with Gasteiger partial charge in [-0.05, 0) is 36.2 Å². The molecule has 0 unspecified atom stereocenters. The number of rotatable bonds is 7.